The summed E-state index contributed by atoms with van der Waals surface area (Å²) in [5.41, 5.74) is 6.32. The summed E-state index contributed by atoms with van der Waals surface area (Å²) in [4.78, 5) is 18.8. The molecule has 2 unspecified atom stereocenters. The van der Waals surface area contributed by atoms with Crippen LogP contribution in [-0.2, 0) is 12.8 Å². The summed E-state index contributed by atoms with van der Waals surface area (Å²) < 4.78 is 6.60. The zero-order chi connectivity index (χ0) is 38.9. The van der Waals surface area contributed by atoms with Crippen molar-refractivity contribution in [3.05, 3.63) is 46.2 Å². The van der Waals surface area contributed by atoms with E-state index in [0.717, 1.165) is 11.8 Å². The van der Waals surface area contributed by atoms with Crippen LogP contribution in [0.3, 0.4) is 0 Å². The van der Waals surface area contributed by atoms with Gasteiger partial charge in [0, 0.05) is 0 Å². The standard InChI is InChI=1S/C42H56S4.6CH3.2Sn/c1-5-9-13-15-19-31(17-11-7-3)25-33-27-37(45-29-33)39-35-21-23-44-42(35)40(36-22-24-43-41(36)39)38-28-34(30-46-38)26-32(18-12-8-4)20-16-14-10-6-2;;;;;;;;/h21-22,27-32H,5-20,25-26H2,1-4H3;6*1H3;;. The first kappa shape index (κ1) is 45.2. The molecule has 4 heterocycles. The summed E-state index contributed by atoms with van der Waals surface area (Å²) in [5, 5.41) is 8.21. The average Bonchev–Trinajstić information content (AvgIpc) is 3.95. The molecule has 0 saturated carbocycles. The second kappa shape index (κ2) is 21.4. The fraction of sp³-hybridized carbons (Fsp3) is 0.625. The van der Waals surface area contributed by atoms with E-state index in [1.807, 2.05) is 22.7 Å². The van der Waals surface area contributed by atoms with E-state index in [9.17, 15) is 0 Å². The van der Waals surface area contributed by atoms with Crippen LogP contribution < -0.4 is 5.79 Å². The van der Waals surface area contributed by atoms with E-state index >= 15 is 0 Å². The van der Waals surface area contributed by atoms with Crippen molar-refractivity contribution < 1.29 is 0 Å². The van der Waals surface area contributed by atoms with E-state index in [4.69, 9.17) is 0 Å². The molecule has 298 valence electrons. The molecule has 0 aliphatic carbocycles. The minimum absolute atomic E-state index is 0.823. The molecule has 0 aliphatic heterocycles. The molecule has 0 N–H and O–H groups in total. The van der Waals surface area contributed by atoms with Gasteiger partial charge in [-0.25, -0.2) is 0 Å². The molecule has 6 heteroatoms. The molecule has 0 amide bonds. The summed E-state index contributed by atoms with van der Waals surface area (Å²) >= 11 is 3.73. The van der Waals surface area contributed by atoms with Crippen LogP contribution in [-0.4, -0.2) is 36.8 Å². The van der Waals surface area contributed by atoms with Crippen molar-refractivity contribution in [2.75, 3.05) is 0 Å². The van der Waals surface area contributed by atoms with E-state index in [-0.39, 0.29) is 0 Å². The van der Waals surface area contributed by atoms with Crippen molar-refractivity contribution in [2.24, 2.45) is 11.8 Å². The Morgan fingerprint density at radius 1 is 0.463 bits per heavy atom. The molecule has 0 aliphatic rings. The van der Waals surface area contributed by atoms with Gasteiger partial charge in [0.2, 0.25) is 0 Å². The topological polar surface area (TPSA) is 0 Å². The molecule has 0 fully saturated rings. The zero-order valence-corrected chi connectivity index (χ0v) is 45.0. The van der Waals surface area contributed by atoms with Crippen LogP contribution >= 0.6 is 45.3 Å². The van der Waals surface area contributed by atoms with Crippen molar-refractivity contribution in [3.63, 3.8) is 0 Å². The quantitative estimate of drug-likeness (QED) is 0.0427. The molecular formula is C48H74S4Sn2. The summed E-state index contributed by atoms with van der Waals surface area (Å²) in [6.07, 6.45) is 24.5. The minimum atomic E-state index is -2.36. The monoisotopic (exact) mass is 1020 g/mol. The maximum absolute atomic E-state index is 2.71. The molecule has 2 atom stereocenters. The number of thiophene rings is 4. The van der Waals surface area contributed by atoms with E-state index in [1.54, 1.807) is 48.2 Å². The van der Waals surface area contributed by atoms with Crippen molar-refractivity contribution in [3.8, 4) is 20.9 Å². The van der Waals surface area contributed by atoms with Crippen LogP contribution in [0.2, 0.25) is 29.6 Å². The molecule has 0 saturated heterocycles. The van der Waals surface area contributed by atoms with E-state index in [1.165, 1.54) is 125 Å². The molecule has 1 aromatic carbocycles. The predicted molar refractivity (Wildman–Crippen MR) is 261 cm³/mol. The second-order valence-corrected chi connectivity index (χ2v) is 53.5. The van der Waals surface area contributed by atoms with Gasteiger partial charge in [-0.3, -0.25) is 0 Å². The molecule has 5 aromatic rings. The van der Waals surface area contributed by atoms with Gasteiger partial charge < -0.3 is 0 Å². The van der Waals surface area contributed by atoms with Gasteiger partial charge in [0.25, 0.3) is 0 Å². The third-order valence-corrected chi connectivity index (χ3v) is 34.8. The van der Waals surface area contributed by atoms with Crippen LogP contribution in [0.1, 0.15) is 142 Å². The summed E-state index contributed by atoms with van der Waals surface area (Å²) in [5.74, 6) is 1.65. The number of unbranched alkanes of at least 4 members (excludes halogenated alkanes) is 8. The van der Waals surface area contributed by atoms with Crippen molar-refractivity contribution in [1.82, 2.24) is 0 Å². The van der Waals surface area contributed by atoms with Crippen LogP contribution in [0, 0.1) is 11.8 Å². The Balaban J connectivity index is 1.60. The summed E-state index contributed by atoms with van der Waals surface area (Å²) in [6.45, 7) is 9.40. The molecule has 4 aromatic heterocycles. The Labute approximate surface area is 356 Å². The van der Waals surface area contributed by atoms with Crippen LogP contribution in [0.15, 0.2) is 35.0 Å². The predicted octanol–water partition coefficient (Wildman–Crippen LogP) is 17.3. The van der Waals surface area contributed by atoms with Gasteiger partial charge in [0.15, 0.2) is 0 Å². The Kier molecular flexibility index (Phi) is 17.9. The molecule has 0 spiro atoms. The number of benzene rings is 1. The zero-order valence-electron chi connectivity index (χ0n) is 36.0. The molecule has 0 bridgehead atoms. The molecule has 0 radical (unpaired) electrons. The van der Waals surface area contributed by atoms with Crippen molar-refractivity contribution >= 4 is 108 Å². The van der Waals surface area contributed by atoms with Gasteiger partial charge in [0.05, 0.1) is 0 Å². The van der Waals surface area contributed by atoms with Gasteiger partial charge in [-0.1, -0.05) is 53.4 Å². The Hall–Kier alpha value is 0.137. The summed E-state index contributed by atoms with van der Waals surface area (Å²) in [7, 11) is 0. The first-order valence-electron chi connectivity index (χ1n) is 22.1. The number of rotatable bonds is 24. The Morgan fingerprint density at radius 2 is 0.833 bits per heavy atom. The molecule has 5 rings (SSSR count). The van der Waals surface area contributed by atoms with E-state index in [0.29, 0.717) is 0 Å². The third kappa shape index (κ3) is 12.1. The van der Waals surface area contributed by atoms with Crippen molar-refractivity contribution in [1.29, 1.82) is 0 Å². The molecule has 54 heavy (non-hydrogen) atoms. The average molecular weight is 1020 g/mol. The van der Waals surface area contributed by atoms with Gasteiger partial charge in [-0.15, -0.1) is 0 Å². The van der Waals surface area contributed by atoms with Gasteiger partial charge in [-0.05, 0) is 0 Å². The first-order chi connectivity index (χ1) is 25.9. The molecular weight excluding hydrogens is 942 g/mol. The second-order valence-electron chi connectivity index (χ2n) is 18.7. The number of hydrogen-bond acceptors (Lipinski definition) is 4. The van der Waals surface area contributed by atoms with E-state index in [2.05, 4.69) is 115 Å². The third-order valence-electron chi connectivity index (χ3n) is 11.6. The van der Waals surface area contributed by atoms with Gasteiger partial charge >= 0.3 is 306 Å². The Morgan fingerprint density at radius 3 is 1.19 bits per heavy atom. The van der Waals surface area contributed by atoms with Gasteiger partial charge in [0.1, 0.15) is 0 Å². The fourth-order valence-electron chi connectivity index (χ4n) is 8.29. The maximum atomic E-state index is 2.71. The van der Waals surface area contributed by atoms with Crippen LogP contribution in [0.25, 0.3) is 41.1 Å². The molecule has 0 nitrogen and oxygen atoms in total. The SMILES string of the molecule is CCCCCCC(CCCC)Cc1csc(-c2c3c[c]([Sn]([CH3])([CH3])[CH3])sc3c(-c3cc(CC(CCCC)CCCCCC)cs3)c3c[c]([Sn]([CH3])([CH3])[CH3])sc23)c1. The first-order valence-corrected chi connectivity index (χ1v) is 45.4. The van der Waals surface area contributed by atoms with Gasteiger partial charge in [-0.2, -0.15) is 0 Å². The van der Waals surface area contributed by atoms with E-state index < -0.39 is 36.8 Å². The van der Waals surface area contributed by atoms with Crippen molar-refractivity contribution in [2.45, 2.75) is 173 Å². The number of fused-ring (bicyclic) bond motifs is 2. The fourth-order valence-corrected chi connectivity index (χ4v) is 23.3. The normalized spacial score (nSPS) is 13.8. The van der Waals surface area contributed by atoms with Crippen LogP contribution in [0.4, 0.5) is 0 Å². The Bertz CT molecular complexity index is 1680. The van der Waals surface area contributed by atoms with Crippen LogP contribution in [0.5, 0.6) is 0 Å². The summed E-state index contributed by atoms with van der Waals surface area (Å²) in [6, 6.07) is 10.7. The number of hydrogen-bond donors (Lipinski definition) is 0.